The lowest BCUT2D eigenvalue weighted by molar-refractivity contribution is 0.231. The van der Waals surface area contributed by atoms with Crippen LogP contribution in [-0.2, 0) is 6.54 Å². The van der Waals surface area contributed by atoms with Crippen LogP contribution in [0.25, 0.3) is 0 Å². The van der Waals surface area contributed by atoms with Gasteiger partial charge in [0.15, 0.2) is 0 Å². The summed E-state index contributed by atoms with van der Waals surface area (Å²) in [5.74, 6) is 0.911. The number of hydrogen-bond donors (Lipinski definition) is 1. The summed E-state index contributed by atoms with van der Waals surface area (Å²) in [5, 5.41) is 3.50. The van der Waals surface area contributed by atoms with Crippen LogP contribution in [0.3, 0.4) is 0 Å². The maximum atomic E-state index is 5.16. The highest BCUT2D eigenvalue weighted by Gasteiger charge is 2.18. The lowest BCUT2D eigenvalue weighted by atomic mass is 10.0. The van der Waals surface area contributed by atoms with Crippen molar-refractivity contribution >= 4 is 0 Å². The van der Waals surface area contributed by atoms with Crippen molar-refractivity contribution in [1.29, 1.82) is 0 Å². The average Bonchev–Trinajstić information content (AvgIpc) is 2.28. The van der Waals surface area contributed by atoms with Gasteiger partial charge in [-0.15, -0.1) is 0 Å². The van der Waals surface area contributed by atoms with Crippen molar-refractivity contribution in [3.05, 3.63) is 29.8 Å². The van der Waals surface area contributed by atoms with Gasteiger partial charge in [-0.1, -0.05) is 19.1 Å². The Morgan fingerprint density at radius 2 is 1.83 bits per heavy atom. The van der Waals surface area contributed by atoms with Crippen LogP contribution >= 0.6 is 0 Å². The van der Waals surface area contributed by atoms with E-state index in [1.807, 2.05) is 12.1 Å². The monoisotopic (exact) mass is 250 g/mol. The lowest BCUT2D eigenvalue weighted by Crippen LogP contribution is -2.47. The zero-order valence-corrected chi connectivity index (χ0v) is 12.3. The molecule has 3 nitrogen and oxygen atoms in total. The van der Waals surface area contributed by atoms with Gasteiger partial charge in [0.05, 0.1) is 7.11 Å². The maximum Gasteiger partial charge on any atom is 0.118 e. The van der Waals surface area contributed by atoms with E-state index >= 15 is 0 Å². The first kappa shape index (κ1) is 15.0. The zero-order valence-electron chi connectivity index (χ0n) is 12.3. The van der Waals surface area contributed by atoms with Gasteiger partial charge in [0.25, 0.3) is 0 Å². The first-order valence-corrected chi connectivity index (χ1v) is 6.53. The Balaban J connectivity index is 2.50. The van der Waals surface area contributed by atoms with Crippen molar-refractivity contribution in [2.45, 2.75) is 32.9 Å². The minimum Gasteiger partial charge on any atom is -0.497 e. The summed E-state index contributed by atoms with van der Waals surface area (Å²) in [5.41, 5.74) is 1.46. The Bertz CT molecular complexity index is 346. The second-order valence-electron chi connectivity index (χ2n) is 5.43. The van der Waals surface area contributed by atoms with Gasteiger partial charge in [0, 0.05) is 18.6 Å². The van der Waals surface area contributed by atoms with Crippen molar-refractivity contribution in [3.63, 3.8) is 0 Å². The van der Waals surface area contributed by atoms with Gasteiger partial charge in [-0.3, -0.25) is 0 Å². The van der Waals surface area contributed by atoms with E-state index in [1.54, 1.807) is 7.11 Å². The third kappa shape index (κ3) is 5.07. The predicted molar refractivity (Wildman–Crippen MR) is 77.1 cm³/mol. The molecule has 1 aromatic rings. The van der Waals surface area contributed by atoms with Gasteiger partial charge >= 0.3 is 0 Å². The van der Waals surface area contributed by atoms with Crippen LogP contribution in [0.5, 0.6) is 5.75 Å². The molecule has 0 amide bonds. The van der Waals surface area contributed by atoms with Gasteiger partial charge in [-0.25, -0.2) is 0 Å². The third-order valence-electron chi connectivity index (χ3n) is 2.93. The number of nitrogens with one attached hydrogen (secondary N) is 1. The largest absolute Gasteiger partial charge is 0.497 e. The van der Waals surface area contributed by atoms with Crippen LogP contribution < -0.4 is 10.1 Å². The summed E-state index contributed by atoms with van der Waals surface area (Å²) in [6, 6.07) is 8.27. The quantitative estimate of drug-likeness (QED) is 0.805. The molecule has 0 saturated carbocycles. The highest BCUT2D eigenvalue weighted by atomic mass is 16.5. The molecular formula is C15H26N2O. The molecule has 0 saturated heterocycles. The minimum atomic E-state index is 0.149. The van der Waals surface area contributed by atoms with Crippen molar-refractivity contribution in [2.24, 2.45) is 0 Å². The number of rotatable bonds is 7. The molecule has 0 aromatic heterocycles. The summed E-state index contributed by atoms with van der Waals surface area (Å²) in [7, 11) is 3.85. The molecule has 0 aliphatic carbocycles. The van der Waals surface area contributed by atoms with Crippen LogP contribution in [0.15, 0.2) is 24.3 Å². The second kappa shape index (κ2) is 6.76. The average molecular weight is 250 g/mol. The standard InChI is InChI=1S/C15H26N2O/c1-6-16-15(2,3)12-17(4)11-13-7-9-14(18-5)10-8-13/h7-10,16H,6,11-12H2,1-5H3. The molecule has 0 bridgehead atoms. The molecule has 3 heteroatoms. The molecular weight excluding hydrogens is 224 g/mol. The summed E-state index contributed by atoms with van der Waals surface area (Å²) in [6.45, 7) is 9.60. The van der Waals surface area contributed by atoms with Crippen molar-refractivity contribution < 1.29 is 4.74 Å². The number of methoxy groups -OCH3 is 1. The van der Waals surface area contributed by atoms with Gasteiger partial charge in [0.2, 0.25) is 0 Å². The minimum absolute atomic E-state index is 0.149. The van der Waals surface area contributed by atoms with E-state index in [4.69, 9.17) is 4.74 Å². The van der Waals surface area contributed by atoms with Gasteiger partial charge < -0.3 is 15.0 Å². The molecule has 18 heavy (non-hydrogen) atoms. The number of ether oxygens (including phenoxy) is 1. The number of benzene rings is 1. The van der Waals surface area contributed by atoms with Gasteiger partial charge in [0.1, 0.15) is 5.75 Å². The van der Waals surface area contributed by atoms with Gasteiger partial charge in [-0.2, -0.15) is 0 Å². The first-order valence-electron chi connectivity index (χ1n) is 6.53. The predicted octanol–water partition coefficient (Wildman–Crippen LogP) is 2.52. The fourth-order valence-electron chi connectivity index (χ4n) is 2.31. The Labute approximate surface area is 111 Å². The number of nitrogens with zero attached hydrogens (tertiary/aromatic N) is 1. The molecule has 1 aromatic carbocycles. The van der Waals surface area contributed by atoms with E-state index < -0.39 is 0 Å². The second-order valence-corrected chi connectivity index (χ2v) is 5.43. The van der Waals surface area contributed by atoms with Crippen molar-refractivity contribution in [3.8, 4) is 5.75 Å². The highest BCUT2D eigenvalue weighted by molar-refractivity contribution is 5.27. The molecule has 0 heterocycles. The summed E-state index contributed by atoms with van der Waals surface area (Å²) < 4.78 is 5.16. The Morgan fingerprint density at radius 1 is 1.22 bits per heavy atom. The smallest absolute Gasteiger partial charge is 0.118 e. The van der Waals surface area contributed by atoms with Gasteiger partial charge in [-0.05, 0) is 45.1 Å². The van der Waals surface area contributed by atoms with E-state index in [0.717, 1.165) is 25.4 Å². The maximum absolute atomic E-state index is 5.16. The molecule has 0 atom stereocenters. The molecule has 1 N–H and O–H groups in total. The van der Waals surface area contributed by atoms with Crippen molar-refractivity contribution in [1.82, 2.24) is 10.2 Å². The molecule has 0 spiro atoms. The van der Waals surface area contributed by atoms with Crippen LogP contribution in [0.2, 0.25) is 0 Å². The molecule has 0 aliphatic rings. The van der Waals surface area contributed by atoms with Crippen LogP contribution in [0, 0.1) is 0 Å². The normalized spacial score (nSPS) is 11.9. The third-order valence-corrected chi connectivity index (χ3v) is 2.93. The van der Waals surface area contributed by atoms with Crippen LogP contribution in [0.1, 0.15) is 26.3 Å². The molecule has 0 aliphatic heterocycles. The molecule has 102 valence electrons. The number of hydrogen-bond acceptors (Lipinski definition) is 3. The van der Waals surface area contributed by atoms with E-state index in [-0.39, 0.29) is 5.54 Å². The first-order chi connectivity index (χ1) is 8.46. The lowest BCUT2D eigenvalue weighted by Gasteiger charge is -2.31. The summed E-state index contributed by atoms with van der Waals surface area (Å²) in [4.78, 5) is 2.34. The summed E-state index contributed by atoms with van der Waals surface area (Å²) in [6.07, 6.45) is 0. The van der Waals surface area contributed by atoms with E-state index in [0.29, 0.717) is 0 Å². The molecule has 0 unspecified atom stereocenters. The van der Waals surface area contributed by atoms with E-state index in [2.05, 4.69) is 50.2 Å². The summed E-state index contributed by atoms with van der Waals surface area (Å²) >= 11 is 0. The Morgan fingerprint density at radius 3 is 2.33 bits per heavy atom. The van der Waals surface area contributed by atoms with Crippen LogP contribution in [0.4, 0.5) is 0 Å². The van der Waals surface area contributed by atoms with E-state index in [1.165, 1.54) is 5.56 Å². The fourth-order valence-corrected chi connectivity index (χ4v) is 2.31. The van der Waals surface area contributed by atoms with E-state index in [9.17, 15) is 0 Å². The van der Waals surface area contributed by atoms with Crippen molar-refractivity contribution in [2.75, 3.05) is 27.2 Å². The SMILES string of the molecule is CCNC(C)(C)CN(C)Cc1ccc(OC)cc1. The Kier molecular flexibility index (Phi) is 5.63. The topological polar surface area (TPSA) is 24.5 Å². The number of likely N-dealkylation sites (N-methyl/N-ethyl adjacent to an activating group) is 2. The zero-order chi connectivity index (χ0) is 13.6. The molecule has 0 fully saturated rings. The highest BCUT2D eigenvalue weighted by Crippen LogP contribution is 2.13. The Hall–Kier alpha value is -1.06. The molecule has 1 rings (SSSR count). The van der Waals surface area contributed by atoms with Crippen LogP contribution in [-0.4, -0.2) is 37.7 Å². The fraction of sp³-hybridized carbons (Fsp3) is 0.600. The molecule has 0 radical (unpaired) electrons.